The van der Waals surface area contributed by atoms with Crippen LogP contribution in [0.25, 0.3) is 0 Å². The van der Waals surface area contributed by atoms with Gasteiger partial charge in [-0.1, -0.05) is 30.7 Å². The first kappa shape index (κ1) is 14.4. The van der Waals surface area contributed by atoms with Gasteiger partial charge in [0.25, 0.3) is 0 Å². The molecule has 3 nitrogen and oxygen atoms in total. The second kappa shape index (κ2) is 9.90. The topological polar surface area (TPSA) is 32.7 Å². The van der Waals surface area contributed by atoms with Crippen molar-refractivity contribution in [3.63, 3.8) is 0 Å². The summed E-state index contributed by atoms with van der Waals surface area (Å²) in [5.41, 5.74) is 1.21. The van der Waals surface area contributed by atoms with Crippen LogP contribution < -0.4 is 0 Å². The van der Waals surface area contributed by atoms with Crippen molar-refractivity contribution in [2.24, 2.45) is 0 Å². The summed E-state index contributed by atoms with van der Waals surface area (Å²) in [6, 6.07) is 0. The van der Waals surface area contributed by atoms with E-state index in [-0.39, 0.29) is 6.61 Å². The zero-order valence-corrected chi connectivity index (χ0v) is 10.1. The van der Waals surface area contributed by atoms with Gasteiger partial charge in [0, 0.05) is 20.2 Å². The lowest BCUT2D eigenvalue weighted by molar-refractivity contribution is 0.214. The summed E-state index contributed by atoms with van der Waals surface area (Å²) < 4.78 is 4.95. The smallest absolute Gasteiger partial charge is 0.0649 e. The first-order valence-corrected chi connectivity index (χ1v) is 5.40. The van der Waals surface area contributed by atoms with E-state index < -0.39 is 0 Å². The summed E-state index contributed by atoms with van der Waals surface area (Å²) in [5, 5.41) is 8.80. The van der Waals surface area contributed by atoms with Crippen LogP contribution in [0.5, 0.6) is 0 Å². The second-order valence-electron chi connectivity index (χ2n) is 3.42. The molecule has 0 aromatic heterocycles. The number of aliphatic hydroxyl groups excluding tert-OH is 1. The fourth-order valence-electron chi connectivity index (χ4n) is 1.19. The van der Waals surface area contributed by atoms with Crippen LogP contribution in [0.3, 0.4) is 0 Å². The molecule has 88 valence electrons. The summed E-state index contributed by atoms with van der Waals surface area (Å²) in [6.45, 7) is 7.61. The Balaban J connectivity index is 3.85. The van der Waals surface area contributed by atoms with Crippen LogP contribution in [0.2, 0.25) is 0 Å². The molecule has 0 fully saturated rings. The maximum absolute atomic E-state index is 8.80. The molecule has 0 aliphatic rings. The second-order valence-corrected chi connectivity index (χ2v) is 3.42. The zero-order chi connectivity index (χ0) is 11.5. The molecule has 0 rings (SSSR count). The molecular formula is C12H23NO2. The number of hydrogen-bond acceptors (Lipinski definition) is 3. The summed E-state index contributed by atoms with van der Waals surface area (Å²) in [5.74, 6) is 0. The molecule has 15 heavy (non-hydrogen) atoms. The molecular weight excluding hydrogens is 190 g/mol. The van der Waals surface area contributed by atoms with Gasteiger partial charge in [0.15, 0.2) is 0 Å². The molecule has 0 bridgehead atoms. The van der Waals surface area contributed by atoms with E-state index in [1.807, 2.05) is 6.08 Å². The molecule has 3 heteroatoms. The number of rotatable bonds is 8. The molecule has 0 amide bonds. The molecule has 0 saturated carbocycles. The largest absolute Gasteiger partial charge is 0.395 e. The lowest BCUT2D eigenvalue weighted by atomic mass is 10.2. The molecule has 0 radical (unpaired) electrons. The fraction of sp³-hybridized carbons (Fsp3) is 0.667. The van der Waals surface area contributed by atoms with Gasteiger partial charge in [0.1, 0.15) is 0 Å². The van der Waals surface area contributed by atoms with Gasteiger partial charge in [-0.05, 0) is 13.5 Å². The van der Waals surface area contributed by atoms with Gasteiger partial charge in [-0.3, -0.25) is 4.90 Å². The van der Waals surface area contributed by atoms with Crippen LogP contribution in [0.4, 0.5) is 0 Å². The van der Waals surface area contributed by atoms with Crippen LogP contribution in [0.15, 0.2) is 23.8 Å². The van der Waals surface area contributed by atoms with Gasteiger partial charge >= 0.3 is 0 Å². The SMILES string of the molecule is CCN(C/C=C\C(C)=C/COC)CCO. The molecule has 1 N–H and O–H groups in total. The third-order valence-corrected chi connectivity index (χ3v) is 2.18. The average Bonchev–Trinajstić information content (AvgIpc) is 2.25. The molecule has 0 spiro atoms. The van der Waals surface area contributed by atoms with Crippen LogP contribution in [0.1, 0.15) is 13.8 Å². The van der Waals surface area contributed by atoms with Crippen molar-refractivity contribution in [1.82, 2.24) is 4.90 Å². The van der Waals surface area contributed by atoms with Gasteiger partial charge in [0.05, 0.1) is 13.2 Å². The number of aliphatic hydroxyl groups is 1. The highest BCUT2D eigenvalue weighted by atomic mass is 16.5. The highest BCUT2D eigenvalue weighted by molar-refractivity contribution is 5.16. The summed E-state index contributed by atoms with van der Waals surface area (Å²) >= 11 is 0. The van der Waals surface area contributed by atoms with E-state index in [4.69, 9.17) is 9.84 Å². The number of allylic oxidation sites excluding steroid dienone is 2. The first-order valence-electron chi connectivity index (χ1n) is 5.40. The molecule has 0 saturated heterocycles. The van der Waals surface area contributed by atoms with Crippen molar-refractivity contribution in [3.8, 4) is 0 Å². The zero-order valence-electron chi connectivity index (χ0n) is 10.1. The Labute approximate surface area is 93.0 Å². The van der Waals surface area contributed by atoms with E-state index >= 15 is 0 Å². The van der Waals surface area contributed by atoms with Crippen molar-refractivity contribution >= 4 is 0 Å². The summed E-state index contributed by atoms with van der Waals surface area (Å²) in [7, 11) is 1.69. The predicted molar refractivity (Wildman–Crippen MR) is 64.0 cm³/mol. The number of nitrogens with zero attached hydrogens (tertiary/aromatic N) is 1. The van der Waals surface area contributed by atoms with Gasteiger partial charge in [0.2, 0.25) is 0 Å². The molecule has 0 unspecified atom stereocenters. The molecule has 0 aliphatic carbocycles. The van der Waals surface area contributed by atoms with Crippen molar-refractivity contribution in [3.05, 3.63) is 23.8 Å². The normalized spacial score (nSPS) is 13.0. The fourth-order valence-corrected chi connectivity index (χ4v) is 1.19. The van der Waals surface area contributed by atoms with Crippen LogP contribution in [0, 0.1) is 0 Å². The average molecular weight is 213 g/mol. The minimum absolute atomic E-state index is 0.222. The van der Waals surface area contributed by atoms with Gasteiger partial charge in [-0.15, -0.1) is 0 Å². The summed E-state index contributed by atoms with van der Waals surface area (Å²) in [6.07, 6.45) is 6.23. The standard InChI is InChI=1S/C12H23NO2/c1-4-13(9-10-14)8-5-6-12(2)7-11-15-3/h5-7,14H,4,8-11H2,1-3H3/b6-5-,12-7-. The van der Waals surface area contributed by atoms with Crippen molar-refractivity contribution in [1.29, 1.82) is 0 Å². The van der Waals surface area contributed by atoms with Gasteiger partial charge in [-0.25, -0.2) is 0 Å². The van der Waals surface area contributed by atoms with E-state index in [1.165, 1.54) is 5.57 Å². The van der Waals surface area contributed by atoms with Crippen LogP contribution >= 0.6 is 0 Å². The van der Waals surface area contributed by atoms with Crippen LogP contribution in [-0.2, 0) is 4.74 Å². The van der Waals surface area contributed by atoms with E-state index in [2.05, 4.69) is 30.9 Å². The molecule has 0 aliphatic heterocycles. The number of ether oxygens (including phenoxy) is 1. The summed E-state index contributed by atoms with van der Waals surface area (Å²) in [4.78, 5) is 2.18. The Bertz CT molecular complexity index is 200. The van der Waals surface area contributed by atoms with Gasteiger partial charge < -0.3 is 9.84 Å². The quantitative estimate of drug-likeness (QED) is 0.619. The number of likely N-dealkylation sites (N-methyl/N-ethyl adjacent to an activating group) is 1. The van der Waals surface area contributed by atoms with E-state index in [1.54, 1.807) is 7.11 Å². The maximum Gasteiger partial charge on any atom is 0.0649 e. The van der Waals surface area contributed by atoms with Crippen molar-refractivity contribution < 1.29 is 9.84 Å². The molecule has 0 aromatic carbocycles. The highest BCUT2D eigenvalue weighted by Gasteiger charge is 1.96. The van der Waals surface area contributed by atoms with Crippen molar-refractivity contribution in [2.75, 3.05) is 40.0 Å². The predicted octanol–water partition coefficient (Wildman–Crippen LogP) is 1.45. The molecule has 0 heterocycles. The third-order valence-electron chi connectivity index (χ3n) is 2.18. The van der Waals surface area contributed by atoms with E-state index in [0.717, 1.165) is 19.6 Å². The lowest BCUT2D eigenvalue weighted by Gasteiger charge is -2.16. The van der Waals surface area contributed by atoms with Crippen LogP contribution in [-0.4, -0.2) is 50.0 Å². The Hall–Kier alpha value is -0.640. The Morgan fingerprint density at radius 2 is 2.20 bits per heavy atom. The van der Waals surface area contributed by atoms with E-state index in [0.29, 0.717) is 6.61 Å². The lowest BCUT2D eigenvalue weighted by Crippen LogP contribution is -2.26. The highest BCUT2D eigenvalue weighted by Crippen LogP contribution is 1.96. The monoisotopic (exact) mass is 213 g/mol. The molecule has 0 atom stereocenters. The third kappa shape index (κ3) is 8.36. The maximum atomic E-state index is 8.80. The Morgan fingerprint density at radius 3 is 2.73 bits per heavy atom. The molecule has 0 aromatic rings. The number of hydrogen-bond donors (Lipinski definition) is 1. The minimum Gasteiger partial charge on any atom is -0.395 e. The Morgan fingerprint density at radius 1 is 1.47 bits per heavy atom. The Kier molecular flexibility index (Phi) is 9.48. The first-order chi connectivity index (χ1) is 7.24. The van der Waals surface area contributed by atoms with Gasteiger partial charge in [-0.2, -0.15) is 0 Å². The van der Waals surface area contributed by atoms with Crippen molar-refractivity contribution in [2.45, 2.75) is 13.8 Å². The van der Waals surface area contributed by atoms with E-state index in [9.17, 15) is 0 Å². The minimum atomic E-state index is 0.222. The number of methoxy groups -OCH3 is 1.